The van der Waals surface area contributed by atoms with Crippen LogP contribution in [0.25, 0.3) is 34.1 Å². The van der Waals surface area contributed by atoms with Crippen LogP contribution >= 0.6 is 11.6 Å². The standard InChI is InChI=1S/C32H29ClN6O5/c1-43-28-10-9-23(20-26(28)33)31-35-30(21-13-15-34-16-14-21)36-38(31)18-17-37(24-6-2-3-7-24)32(40)29-12-11-27(44-29)22-5-4-8-25(19-22)39(41)42/h4-5,8-16,19-20,24H,2-3,6-7,17-18H2,1H3. The zero-order valence-corrected chi connectivity index (χ0v) is 24.7. The van der Waals surface area contributed by atoms with Crippen molar-refractivity contribution in [1.82, 2.24) is 24.6 Å². The van der Waals surface area contributed by atoms with E-state index in [1.165, 1.54) is 12.1 Å². The lowest BCUT2D eigenvalue weighted by molar-refractivity contribution is -0.384. The molecule has 1 amide bonds. The number of methoxy groups -OCH3 is 1. The highest BCUT2D eigenvalue weighted by Crippen LogP contribution is 2.32. The van der Waals surface area contributed by atoms with Gasteiger partial charge in [-0.25, -0.2) is 9.67 Å². The van der Waals surface area contributed by atoms with E-state index < -0.39 is 4.92 Å². The third-order valence-corrected chi connectivity index (χ3v) is 8.05. The topological polar surface area (TPSA) is 129 Å². The lowest BCUT2D eigenvalue weighted by Crippen LogP contribution is -2.41. The number of non-ortho nitro benzene ring substituents is 1. The molecule has 44 heavy (non-hydrogen) atoms. The summed E-state index contributed by atoms with van der Waals surface area (Å²) in [6.45, 7) is 0.740. The average molecular weight is 613 g/mol. The minimum atomic E-state index is -0.460. The summed E-state index contributed by atoms with van der Waals surface area (Å²) in [4.78, 5) is 35.5. The van der Waals surface area contributed by atoms with Crippen molar-refractivity contribution in [2.75, 3.05) is 13.7 Å². The van der Waals surface area contributed by atoms with Gasteiger partial charge in [0.05, 0.1) is 23.6 Å². The van der Waals surface area contributed by atoms with Crippen LogP contribution < -0.4 is 4.74 Å². The quantitative estimate of drug-likeness (QED) is 0.123. The van der Waals surface area contributed by atoms with E-state index in [0.29, 0.717) is 46.8 Å². The lowest BCUT2D eigenvalue weighted by Gasteiger charge is -2.28. The maximum Gasteiger partial charge on any atom is 0.289 e. The van der Waals surface area contributed by atoms with Gasteiger partial charge in [0.1, 0.15) is 11.5 Å². The van der Waals surface area contributed by atoms with Crippen molar-refractivity contribution < 1.29 is 18.9 Å². The summed E-state index contributed by atoms with van der Waals surface area (Å²) in [6, 6.07) is 18.6. The summed E-state index contributed by atoms with van der Waals surface area (Å²) in [7, 11) is 1.56. The largest absolute Gasteiger partial charge is 0.495 e. The van der Waals surface area contributed by atoms with Gasteiger partial charge in [0.25, 0.3) is 11.6 Å². The Hall–Kier alpha value is -5.03. The molecule has 1 aliphatic carbocycles. The summed E-state index contributed by atoms with van der Waals surface area (Å²) in [5.41, 5.74) is 2.05. The number of pyridine rings is 1. The Morgan fingerprint density at radius 3 is 2.59 bits per heavy atom. The molecule has 0 unspecified atom stereocenters. The second kappa shape index (κ2) is 12.7. The first-order valence-electron chi connectivity index (χ1n) is 14.3. The van der Waals surface area contributed by atoms with Crippen LogP contribution in [-0.4, -0.2) is 55.2 Å². The van der Waals surface area contributed by atoms with Crippen LogP contribution in [0.4, 0.5) is 5.69 Å². The van der Waals surface area contributed by atoms with E-state index in [4.69, 9.17) is 30.8 Å². The number of hydrogen-bond donors (Lipinski definition) is 0. The van der Waals surface area contributed by atoms with Gasteiger partial charge in [-0.15, -0.1) is 0 Å². The third kappa shape index (κ3) is 6.04. The Morgan fingerprint density at radius 1 is 1.07 bits per heavy atom. The molecule has 0 atom stereocenters. The molecule has 6 rings (SSSR count). The first kappa shape index (κ1) is 29.1. The zero-order chi connectivity index (χ0) is 30.6. The van der Waals surface area contributed by atoms with Crippen LogP contribution in [0.1, 0.15) is 36.2 Å². The number of carbonyl (C=O) groups is 1. The van der Waals surface area contributed by atoms with Crippen LogP contribution in [0, 0.1) is 10.1 Å². The number of halogens is 1. The van der Waals surface area contributed by atoms with E-state index in [9.17, 15) is 14.9 Å². The van der Waals surface area contributed by atoms with Gasteiger partial charge in [-0.2, -0.15) is 5.10 Å². The Morgan fingerprint density at radius 2 is 1.86 bits per heavy atom. The average Bonchev–Trinajstić information content (AvgIpc) is 3.84. The van der Waals surface area contributed by atoms with Gasteiger partial charge >= 0.3 is 0 Å². The van der Waals surface area contributed by atoms with Crippen molar-refractivity contribution >= 4 is 23.2 Å². The number of carbonyl (C=O) groups excluding carboxylic acids is 1. The second-order valence-electron chi connectivity index (χ2n) is 10.5. The van der Waals surface area contributed by atoms with Crippen molar-refractivity contribution in [1.29, 1.82) is 0 Å². The number of amides is 1. The second-order valence-corrected chi connectivity index (χ2v) is 10.9. The van der Waals surface area contributed by atoms with Gasteiger partial charge in [-0.3, -0.25) is 19.9 Å². The normalized spacial score (nSPS) is 13.2. The summed E-state index contributed by atoms with van der Waals surface area (Å²) in [5, 5.41) is 16.5. The van der Waals surface area contributed by atoms with E-state index in [0.717, 1.165) is 36.8 Å². The summed E-state index contributed by atoms with van der Waals surface area (Å²) in [6.07, 6.45) is 7.24. The van der Waals surface area contributed by atoms with E-state index in [2.05, 4.69) is 4.98 Å². The molecule has 5 aromatic rings. The van der Waals surface area contributed by atoms with Gasteiger partial charge in [0, 0.05) is 53.8 Å². The first-order chi connectivity index (χ1) is 21.4. The molecule has 1 aliphatic rings. The highest BCUT2D eigenvalue weighted by molar-refractivity contribution is 6.32. The molecular weight excluding hydrogens is 584 g/mol. The van der Waals surface area contributed by atoms with Gasteiger partial charge in [-0.1, -0.05) is 36.6 Å². The minimum Gasteiger partial charge on any atom is -0.495 e. The van der Waals surface area contributed by atoms with Crippen molar-refractivity contribution in [3.05, 3.63) is 100 Å². The first-order valence-corrected chi connectivity index (χ1v) is 14.6. The fraction of sp³-hybridized carbons (Fsp3) is 0.250. The Balaban J connectivity index is 1.30. The van der Waals surface area contributed by atoms with Crippen LogP contribution in [0.2, 0.25) is 5.02 Å². The van der Waals surface area contributed by atoms with E-state index >= 15 is 0 Å². The number of nitrogens with zero attached hydrogens (tertiary/aromatic N) is 6. The molecule has 1 saturated carbocycles. The fourth-order valence-electron chi connectivity index (χ4n) is 5.53. The summed E-state index contributed by atoms with van der Waals surface area (Å²) < 4.78 is 13.1. The van der Waals surface area contributed by atoms with E-state index in [-0.39, 0.29) is 23.4 Å². The number of nitro benzene ring substituents is 1. The number of furan rings is 1. The van der Waals surface area contributed by atoms with Gasteiger partial charge in [-0.05, 0) is 55.3 Å². The van der Waals surface area contributed by atoms with E-state index in [1.807, 2.05) is 23.1 Å². The highest BCUT2D eigenvalue weighted by Gasteiger charge is 2.30. The number of hydrogen-bond acceptors (Lipinski definition) is 8. The smallest absolute Gasteiger partial charge is 0.289 e. The van der Waals surface area contributed by atoms with Crippen LogP contribution in [0.15, 0.2) is 83.5 Å². The molecule has 11 nitrogen and oxygen atoms in total. The number of nitro groups is 1. The molecule has 2 aromatic carbocycles. The van der Waals surface area contributed by atoms with Crippen molar-refractivity contribution in [2.24, 2.45) is 0 Å². The highest BCUT2D eigenvalue weighted by atomic mass is 35.5. The summed E-state index contributed by atoms with van der Waals surface area (Å²) >= 11 is 6.46. The molecule has 0 aliphatic heterocycles. The number of rotatable bonds is 10. The Bertz CT molecular complexity index is 1800. The molecule has 0 spiro atoms. The fourth-order valence-corrected chi connectivity index (χ4v) is 5.79. The van der Waals surface area contributed by atoms with Gasteiger partial charge in [0.15, 0.2) is 17.4 Å². The molecule has 3 heterocycles. The summed E-state index contributed by atoms with van der Waals surface area (Å²) in [5.74, 6) is 2.01. The molecule has 0 bridgehead atoms. The minimum absolute atomic E-state index is 0.0488. The Kier molecular flexibility index (Phi) is 8.38. The van der Waals surface area contributed by atoms with Gasteiger partial charge < -0.3 is 14.1 Å². The van der Waals surface area contributed by atoms with Crippen molar-refractivity contribution in [2.45, 2.75) is 38.3 Å². The third-order valence-electron chi connectivity index (χ3n) is 7.76. The van der Waals surface area contributed by atoms with Crippen molar-refractivity contribution in [3.8, 4) is 39.8 Å². The van der Waals surface area contributed by atoms with E-state index in [1.54, 1.807) is 60.6 Å². The monoisotopic (exact) mass is 612 g/mol. The number of ether oxygens (including phenoxy) is 1. The van der Waals surface area contributed by atoms with Crippen LogP contribution in [-0.2, 0) is 6.54 Å². The van der Waals surface area contributed by atoms with Crippen molar-refractivity contribution in [3.63, 3.8) is 0 Å². The predicted octanol–water partition coefficient (Wildman–Crippen LogP) is 6.92. The van der Waals surface area contributed by atoms with Gasteiger partial charge in [0.2, 0.25) is 0 Å². The zero-order valence-electron chi connectivity index (χ0n) is 23.9. The molecular formula is C32H29ClN6O5. The number of benzene rings is 2. The molecule has 1 fully saturated rings. The molecule has 12 heteroatoms. The maximum absolute atomic E-state index is 13.9. The predicted molar refractivity (Wildman–Crippen MR) is 164 cm³/mol. The Labute approximate surface area is 258 Å². The lowest BCUT2D eigenvalue weighted by atomic mass is 10.1. The molecule has 0 N–H and O–H groups in total. The molecule has 224 valence electrons. The SMILES string of the molecule is COc1ccc(-c2nc(-c3ccncc3)nn2CCN(C(=O)c2ccc(-c3cccc([N+](=O)[O-])c3)o2)C2CCCC2)cc1Cl. The van der Waals surface area contributed by atoms with Crippen LogP contribution in [0.3, 0.4) is 0 Å². The molecule has 3 aromatic heterocycles. The maximum atomic E-state index is 13.9. The van der Waals surface area contributed by atoms with Crippen LogP contribution in [0.5, 0.6) is 5.75 Å². The molecule has 0 saturated heterocycles. The number of aromatic nitrogens is 4. The molecule has 0 radical (unpaired) electrons.